The first-order valence-corrected chi connectivity index (χ1v) is 9.76. The van der Waals surface area contributed by atoms with Gasteiger partial charge < -0.3 is 16.2 Å². The van der Waals surface area contributed by atoms with E-state index in [1.165, 1.54) is 5.30 Å². The molecule has 0 aromatic heterocycles. The van der Waals surface area contributed by atoms with E-state index in [1.807, 2.05) is 6.92 Å². The van der Waals surface area contributed by atoms with Crippen LogP contribution >= 0.6 is 27.5 Å². The monoisotopic (exact) mass is 350 g/mol. The van der Waals surface area contributed by atoms with Crippen LogP contribution in [0.4, 0.5) is 0 Å². The van der Waals surface area contributed by atoms with E-state index in [0.717, 1.165) is 17.7 Å². The Morgan fingerprint density at radius 3 is 2.81 bits per heavy atom. The SMILES string of the molecule is BP(I)c1cc(C)c(O)c(CNCCN)c1. The van der Waals surface area contributed by atoms with Gasteiger partial charge in [-0.1, -0.05) is 27.5 Å². The van der Waals surface area contributed by atoms with E-state index in [2.05, 4.69) is 47.1 Å². The molecule has 1 aromatic rings. The van der Waals surface area contributed by atoms with Crippen LogP contribution in [-0.2, 0) is 6.54 Å². The first-order chi connectivity index (χ1) is 7.56. The van der Waals surface area contributed by atoms with Gasteiger partial charge in [0, 0.05) is 25.2 Å². The van der Waals surface area contributed by atoms with Crippen molar-refractivity contribution in [1.82, 2.24) is 5.32 Å². The number of hydrogen-bond acceptors (Lipinski definition) is 3. The molecule has 1 rings (SSSR count). The van der Waals surface area contributed by atoms with E-state index >= 15 is 0 Å². The molecule has 1 aromatic carbocycles. The van der Waals surface area contributed by atoms with E-state index in [9.17, 15) is 5.11 Å². The Morgan fingerprint density at radius 1 is 1.56 bits per heavy atom. The molecule has 0 bridgehead atoms. The normalized spacial score (nSPS) is 12.7. The average Bonchev–Trinajstić information content (AvgIpc) is 2.24. The number of nitrogens with two attached hydrogens (primary N) is 1. The Balaban J connectivity index is 2.88. The van der Waals surface area contributed by atoms with Crippen molar-refractivity contribution >= 4 is 40.4 Å². The molecule has 0 saturated heterocycles. The molecule has 1 atom stereocenters. The number of nitrogens with one attached hydrogen (secondary N) is 1. The van der Waals surface area contributed by atoms with Crippen molar-refractivity contribution in [3.8, 4) is 5.75 Å². The molecular weight excluding hydrogens is 333 g/mol. The Hall–Kier alpha value is 0.165. The molecule has 0 aliphatic rings. The van der Waals surface area contributed by atoms with Crippen molar-refractivity contribution in [1.29, 1.82) is 0 Å². The largest absolute Gasteiger partial charge is 0.507 e. The summed E-state index contributed by atoms with van der Waals surface area (Å²) in [6, 6.07) is 4.16. The Labute approximate surface area is 112 Å². The minimum atomic E-state index is -0.153. The van der Waals surface area contributed by atoms with Crippen LogP contribution < -0.4 is 16.4 Å². The lowest BCUT2D eigenvalue weighted by molar-refractivity contribution is 0.461. The van der Waals surface area contributed by atoms with Crippen molar-refractivity contribution in [2.24, 2.45) is 5.73 Å². The maximum Gasteiger partial charge on any atom is 0.152 e. The molecule has 3 nitrogen and oxygen atoms in total. The summed E-state index contributed by atoms with van der Waals surface area (Å²) >= 11 is 2.44. The molecule has 6 heteroatoms. The van der Waals surface area contributed by atoms with Crippen molar-refractivity contribution < 1.29 is 5.11 Å². The van der Waals surface area contributed by atoms with E-state index in [-0.39, 0.29) is 5.44 Å². The summed E-state index contributed by atoms with van der Waals surface area (Å²) in [7, 11) is 2.21. The fourth-order valence-corrected chi connectivity index (χ4v) is 3.01. The smallest absolute Gasteiger partial charge is 0.152 e. The highest BCUT2D eigenvalue weighted by molar-refractivity contribution is 14.2. The van der Waals surface area contributed by atoms with E-state index < -0.39 is 0 Å². The maximum atomic E-state index is 9.94. The van der Waals surface area contributed by atoms with Gasteiger partial charge in [0.15, 0.2) is 7.57 Å². The van der Waals surface area contributed by atoms with Gasteiger partial charge in [-0.2, -0.15) is 0 Å². The van der Waals surface area contributed by atoms with Gasteiger partial charge in [-0.05, 0) is 29.9 Å². The van der Waals surface area contributed by atoms with Crippen LogP contribution in [0.5, 0.6) is 5.75 Å². The summed E-state index contributed by atoms with van der Waals surface area (Å²) in [5.41, 5.74) is 7.18. The summed E-state index contributed by atoms with van der Waals surface area (Å²) < 4.78 is 0. The summed E-state index contributed by atoms with van der Waals surface area (Å²) in [4.78, 5) is 0. The summed E-state index contributed by atoms with van der Waals surface area (Å²) in [5, 5.41) is 14.5. The third-order valence-corrected chi connectivity index (χ3v) is 5.00. The zero-order valence-corrected chi connectivity index (χ0v) is 12.7. The number of benzene rings is 1. The highest BCUT2D eigenvalue weighted by Gasteiger charge is 2.09. The first kappa shape index (κ1) is 14.2. The zero-order chi connectivity index (χ0) is 12.1. The second kappa shape index (κ2) is 6.79. The molecule has 4 N–H and O–H groups in total. The molecular formula is C10H17BIN2OP. The van der Waals surface area contributed by atoms with Gasteiger partial charge in [-0.25, -0.2) is 0 Å². The van der Waals surface area contributed by atoms with Gasteiger partial charge in [0.05, 0.1) is 0 Å². The Kier molecular flexibility index (Phi) is 6.04. The number of aromatic hydroxyl groups is 1. The highest BCUT2D eigenvalue weighted by Crippen LogP contribution is 2.39. The molecule has 0 amide bonds. The van der Waals surface area contributed by atoms with Crippen LogP contribution in [0.3, 0.4) is 0 Å². The van der Waals surface area contributed by atoms with Crippen LogP contribution in [-0.4, -0.2) is 25.8 Å². The van der Waals surface area contributed by atoms with Gasteiger partial charge in [-0.15, -0.1) is 0 Å². The fourth-order valence-electron chi connectivity index (χ4n) is 1.47. The Bertz CT molecular complexity index is 363. The minimum absolute atomic E-state index is 0.153. The number of hydrogen-bond donors (Lipinski definition) is 3. The second-order valence-corrected chi connectivity index (χ2v) is 9.53. The van der Waals surface area contributed by atoms with Crippen molar-refractivity contribution in [3.05, 3.63) is 23.3 Å². The van der Waals surface area contributed by atoms with Gasteiger partial charge >= 0.3 is 0 Å². The molecule has 16 heavy (non-hydrogen) atoms. The van der Waals surface area contributed by atoms with Gasteiger partial charge in [0.25, 0.3) is 0 Å². The van der Waals surface area contributed by atoms with Gasteiger partial charge in [-0.3, -0.25) is 0 Å². The summed E-state index contributed by atoms with van der Waals surface area (Å²) in [5.74, 6) is 0.404. The number of phenols is 1. The molecule has 0 radical (unpaired) electrons. The minimum Gasteiger partial charge on any atom is -0.507 e. The van der Waals surface area contributed by atoms with Crippen molar-refractivity contribution in [3.63, 3.8) is 0 Å². The van der Waals surface area contributed by atoms with Gasteiger partial charge in [0.2, 0.25) is 0 Å². The quantitative estimate of drug-likeness (QED) is 0.318. The predicted molar refractivity (Wildman–Crippen MR) is 82.7 cm³/mol. The summed E-state index contributed by atoms with van der Waals surface area (Å²) in [6.07, 6.45) is 0. The molecule has 1 unspecified atom stereocenters. The zero-order valence-electron chi connectivity index (χ0n) is 9.63. The number of rotatable bonds is 5. The number of aryl methyl sites for hydroxylation is 1. The third kappa shape index (κ3) is 3.88. The van der Waals surface area contributed by atoms with Crippen LogP contribution in [0.1, 0.15) is 11.1 Å². The third-order valence-electron chi connectivity index (χ3n) is 2.36. The molecule has 88 valence electrons. The van der Waals surface area contributed by atoms with E-state index in [0.29, 0.717) is 18.8 Å². The van der Waals surface area contributed by atoms with Crippen LogP contribution in [0.15, 0.2) is 12.1 Å². The average molecular weight is 350 g/mol. The van der Waals surface area contributed by atoms with Crippen molar-refractivity contribution in [2.45, 2.75) is 13.5 Å². The van der Waals surface area contributed by atoms with Gasteiger partial charge in [0.1, 0.15) is 5.75 Å². The highest BCUT2D eigenvalue weighted by atomic mass is 127. The maximum absolute atomic E-state index is 9.94. The molecule has 0 aliphatic heterocycles. The predicted octanol–water partition coefficient (Wildman–Crippen LogP) is 0.754. The number of halogens is 1. The number of phenolic OH excluding ortho intramolecular Hbond substituents is 1. The lowest BCUT2D eigenvalue weighted by Crippen LogP contribution is -2.22. The fraction of sp³-hybridized carbons (Fsp3) is 0.400. The van der Waals surface area contributed by atoms with E-state index in [1.54, 1.807) is 0 Å². The molecule has 0 fully saturated rings. The van der Waals surface area contributed by atoms with E-state index in [4.69, 9.17) is 5.73 Å². The molecule has 0 saturated carbocycles. The Morgan fingerprint density at radius 2 is 2.25 bits per heavy atom. The first-order valence-electron chi connectivity index (χ1n) is 5.19. The topological polar surface area (TPSA) is 58.3 Å². The van der Waals surface area contributed by atoms with Crippen LogP contribution in [0.2, 0.25) is 0 Å². The second-order valence-electron chi connectivity index (χ2n) is 3.71. The molecule has 0 aliphatic carbocycles. The molecule has 0 heterocycles. The lowest BCUT2D eigenvalue weighted by atomic mass is 10.1. The molecule has 0 spiro atoms. The van der Waals surface area contributed by atoms with Crippen molar-refractivity contribution in [2.75, 3.05) is 13.1 Å². The lowest BCUT2D eigenvalue weighted by Gasteiger charge is -2.13. The van der Waals surface area contributed by atoms with Crippen LogP contribution in [0, 0.1) is 6.92 Å². The van der Waals surface area contributed by atoms with Crippen LogP contribution in [0.25, 0.3) is 0 Å². The standard InChI is InChI=1S/C10H17BIN2OP/c1-7-4-9(16(11)12)5-8(10(7)15)6-14-3-2-13/h4-5,14-15H,2-3,6,11,13H2,1H3. The summed E-state index contributed by atoms with van der Waals surface area (Å²) in [6.45, 7) is 4.01.